The fourth-order valence-electron chi connectivity index (χ4n) is 2.34. The maximum Gasteiger partial charge on any atom is 0.127 e. The minimum absolute atomic E-state index is 0.121. The van der Waals surface area contributed by atoms with Gasteiger partial charge in [-0.2, -0.15) is 0 Å². The molecule has 0 saturated carbocycles. The van der Waals surface area contributed by atoms with E-state index >= 15 is 0 Å². The van der Waals surface area contributed by atoms with Crippen molar-refractivity contribution in [1.82, 2.24) is 5.32 Å². The highest BCUT2D eigenvalue weighted by atomic mass is 19.1. The SMILES string of the molecule is CNC(C)c1ccc(F)cc1OCC1CCC(C)O1. The van der Waals surface area contributed by atoms with Crippen LogP contribution in [0.15, 0.2) is 18.2 Å². The zero-order valence-electron chi connectivity index (χ0n) is 11.8. The summed E-state index contributed by atoms with van der Waals surface area (Å²) in [5.74, 6) is 0.327. The third kappa shape index (κ3) is 3.67. The molecule has 1 aliphatic rings. The summed E-state index contributed by atoms with van der Waals surface area (Å²) in [4.78, 5) is 0. The van der Waals surface area contributed by atoms with Crippen LogP contribution in [0.3, 0.4) is 0 Å². The van der Waals surface area contributed by atoms with Gasteiger partial charge in [-0.25, -0.2) is 4.39 Å². The van der Waals surface area contributed by atoms with Gasteiger partial charge < -0.3 is 14.8 Å². The van der Waals surface area contributed by atoms with E-state index in [1.165, 1.54) is 12.1 Å². The van der Waals surface area contributed by atoms with Crippen LogP contribution in [0, 0.1) is 5.82 Å². The van der Waals surface area contributed by atoms with Gasteiger partial charge in [0.2, 0.25) is 0 Å². The Hall–Kier alpha value is -1.13. The van der Waals surface area contributed by atoms with Gasteiger partial charge in [0.15, 0.2) is 0 Å². The number of rotatable bonds is 5. The van der Waals surface area contributed by atoms with Gasteiger partial charge in [-0.15, -0.1) is 0 Å². The van der Waals surface area contributed by atoms with E-state index in [0.29, 0.717) is 18.5 Å². The van der Waals surface area contributed by atoms with Gasteiger partial charge >= 0.3 is 0 Å². The van der Waals surface area contributed by atoms with Crippen LogP contribution in [0.25, 0.3) is 0 Å². The topological polar surface area (TPSA) is 30.5 Å². The van der Waals surface area contributed by atoms with Crippen molar-refractivity contribution in [3.8, 4) is 5.75 Å². The molecule has 2 rings (SSSR count). The molecule has 0 radical (unpaired) electrons. The van der Waals surface area contributed by atoms with Gasteiger partial charge in [-0.1, -0.05) is 6.07 Å². The van der Waals surface area contributed by atoms with Crippen molar-refractivity contribution >= 4 is 0 Å². The second-order valence-electron chi connectivity index (χ2n) is 5.15. The van der Waals surface area contributed by atoms with Gasteiger partial charge in [-0.05, 0) is 39.8 Å². The number of ether oxygens (including phenoxy) is 2. The van der Waals surface area contributed by atoms with Gasteiger partial charge in [-0.3, -0.25) is 0 Å². The molecule has 1 heterocycles. The predicted octanol–water partition coefficient (Wildman–Crippen LogP) is 3.05. The van der Waals surface area contributed by atoms with Crippen molar-refractivity contribution in [1.29, 1.82) is 0 Å². The van der Waals surface area contributed by atoms with Crippen LogP contribution in [0.4, 0.5) is 4.39 Å². The third-order valence-corrected chi connectivity index (χ3v) is 3.62. The molecule has 19 heavy (non-hydrogen) atoms. The van der Waals surface area contributed by atoms with Gasteiger partial charge in [0.05, 0.1) is 12.2 Å². The maximum atomic E-state index is 13.3. The largest absolute Gasteiger partial charge is 0.490 e. The van der Waals surface area contributed by atoms with Crippen molar-refractivity contribution in [2.24, 2.45) is 0 Å². The van der Waals surface area contributed by atoms with Crippen molar-refractivity contribution < 1.29 is 13.9 Å². The number of halogens is 1. The van der Waals surface area contributed by atoms with Crippen molar-refractivity contribution in [2.75, 3.05) is 13.7 Å². The molecule has 0 aromatic heterocycles. The lowest BCUT2D eigenvalue weighted by atomic mass is 10.1. The molecule has 0 spiro atoms. The molecule has 1 aromatic rings. The van der Waals surface area contributed by atoms with Crippen molar-refractivity contribution in [3.05, 3.63) is 29.6 Å². The summed E-state index contributed by atoms with van der Waals surface area (Å²) < 4.78 is 24.8. The molecular weight excluding hydrogens is 245 g/mol. The van der Waals surface area contributed by atoms with E-state index in [0.717, 1.165) is 18.4 Å². The quantitative estimate of drug-likeness (QED) is 0.889. The van der Waals surface area contributed by atoms with Crippen LogP contribution in [-0.4, -0.2) is 25.9 Å². The molecule has 3 nitrogen and oxygen atoms in total. The van der Waals surface area contributed by atoms with E-state index in [1.807, 2.05) is 14.0 Å². The van der Waals surface area contributed by atoms with Gasteiger partial charge in [0, 0.05) is 17.7 Å². The lowest BCUT2D eigenvalue weighted by Crippen LogP contribution is -2.20. The number of benzene rings is 1. The summed E-state index contributed by atoms with van der Waals surface area (Å²) >= 11 is 0. The zero-order valence-corrected chi connectivity index (χ0v) is 11.8. The van der Waals surface area contributed by atoms with Gasteiger partial charge in [0.25, 0.3) is 0 Å². The van der Waals surface area contributed by atoms with Crippen LogP contribution in [0.1, 0.15) is 38.3 Å². The lowest BCUT2D eigenvalue weighted by molar-refractivity contribution is 0.0261. The molecule has 0 aliphatic carbocycles. The molecule has 106 valence electrons. The minimum atomic E-state index is -0.275. The highest BCUT2D eigenvalue weighted by Gasteiger charge is 2.23. The minimum Gasteiger partial charge on any atom is -0.490 e. The van der Waals surface area contributed by atoms with E-state index in [4.69, 9.17) is 9.47 Å². The molecule has 1 N–H and O–H groups in total. The van der Waals surface area contributed by atoms with Crippen LogP contribution >= 0.6 is 0 Å². The van der Waals surface area contributed by atoms with E-state index in [2.05, 4.69) is 12.2 Å². The Morgan fingerprint density at radius 1 is 1.47 bits per heavy atom. The Morgan fingerprint density at radius 3 is 2.89 bits per heavy atom. The summed E-state index contributed by atoms with van der Waals surface area (Å²) in [6.07, 6.45) is 2.50. The normalized spacial score (nSPS) is 24.4. The van der Waals surface area contributed by atoms with Gasteiger partial charge in [0.1, 0.15) is 18.2 Å². The first kappa shape index (κ1) is 14.3. The zero-order chi connectivity index (χ0) is 13.8. The summed E-state index contributed by atoms with van der Waals surface area (Å²) in [5.41, 5.74) is 0.968. The molecule has 4 heteroatoms. The predicted molar refractivity (Wildman–Crippen MR) is 72.9 cm³/mol. The van der Waals surface area contributed by atoms with Crippen LogP contribution in [0.2, 0.25) is 0 Å². The standard InChI is InChI=1S/C15H22FNO2/c1-10-4-6-13(19-10)9-18-15-8-12(16)5-7-14(15)11(2)17-3/h5,7-8,10-11,13,17H,4,6,9H2,1-3H3. The summed E-state index contributed by atoms with van der Waals surface area (Å²) in [6, 6.07) is 4.80. The maximum absolute atomic E-state index is 13.3. The molecule has 1 aromatic carbocycles. The molecule has 0 amide bonds. The molecule has 3 unspecified atom stereocenters. The molecular formula is C15H22FNO2. The molecule has 3 atom stereocenters. The van der Waals surface area contributed by atoms with Crippen LogP contribution in [-0.2, 0) is 4.74 Å². The number of nitrogens with one attached hydrogen (secondary N) is 1. The van der Waals surface area contributed by atoms with E-state index in [9.17, 15) is 4.39 Å². The number of hydrogen-bond donors (Lipinski definition) is 1. The molecule has 1 fully saturated rings. The highest BCUT2D eigenvalue weighted by Crippen LogP contribution is 2.27. The van der Waals surface area contributed by atoms with E-state index in [-0.39, 0.29) is 18.0 Å². The summed E-state index contributed by atoms with van der Waals surface area (Å²) in [6.45, 7) is 4.57. The molecule has 0 bridgehead atoms. The van der Waals surface area contributed by atoms with Crippen LogP contribution in [0.5, 0.6) is 5.75 Å². The lowest BCUT2D eigenvalue weighted by Gasteiger charge is -2.18. The summed E-state index contributed by atoms with van der Waals surface area (Å²) in [5, 5.41) is 3.14. The summed E-state index contributed by atoms with van der Waals surface area (Å²) in [7, 11) is 1.87. The Bertz CT molecular complexity index is 425. The Kier molecular flexibility index (Phi) is 4.77. The smallest absolute Gasteiger partial charge is 0.127 e. The Labute approximate surface area is 114 Å². The van der Waals surface area contributed by atoms with Crippen molar-refractivity contribution in [2.45, 2.75) is 44.9 Å². The monoisotopic (exact) mass is 267 g/mol. The van der Waals surface area contributed by atoms with Crippen LogP contribution < -0.4 is 10.1 Å². The second kappa shape index (κ2) is 6.35. The first-order valence-corrected chi connectivity index (χ1v) is 6.85. The van der Waals surface area contributed by atoms with E-state index < -0.39 is 0 Å². The molecule has 1 saturated heterocycles. The Morgan fingerprint density at radius 2 is 2.26 bits per heavy atom. The Balaban J connectivity index is 2.03. The highest BCUT2D eigenvalue weighted by molar-refractivity contribution is 5.36. The average molecular weight is 267 g/mol. The molecule has 1 aliphatic heterocycles. The second-order valence-corrected chi connectivity index (χ2v) is 5.15. The fourth-order valence-corrected chi connectivity index (χ4v) is 2.34. The first-order chi connectivity index (χ1) is 9.10. The van der Waals surface area contributed by atoms with Crippen molar-refractivity contribution in [3.63, 3.8) is 0 Å². The third-order valence-electron chi connectivity index (χ3n) is 3.62. The first-order valence-electron chi connectivity index (χ1n) is 6.85. The number of hydrogen-bond acceptors (Lipinski definition) is 3. The fraction of sp³-hybridized carbons (Fsp3) is 0.600. The average Bonchev–Trinajstić information content (AvgIpc) is 2.81. The van der Waals surface area contributed by atoms with E-state index in [1.54, 1.807) is 6.07 Å².